The standard InChI is InChI=1S/C12H20O3/c1-10(2)5-8-14-9-6-11(13)12-4-3-7-15-12/h3-4,7,10-11,13H,5-6,8-9H2,1-2H3. The number of rotatable bonds is 7. The highest BCUT2D eigenvalue weighted by Gasteiger charge is 2.09. The Morgan fingerprint density at radius 2 is 2.07 bits per heavy atom. The van der Waals surface area contributed by atoms with Crippen LogP contribution >= 0.6 is 0 Å². The summed E-state index contributed by atoms with van der Waals surface area (Å²) >= 11 is 0. The zero-order valence-electron chi connectivity index (χ0n) is 9.48. The molecule has 1 aromatic heterocycles. The summed E-state index contributed by atoms with van der Waals surface area (Å²) in [6, 6.07) is 3.55. The number of ether oxygens (including phenoxy) is 1. The monoisotopic (exact) mass is 212 g/mol. The van der Waals surface area contributed by atoms with Gasteiger partial charge in [-0.15, -0.1) is 0 Å². The van der Waals surface area contributed by atoms with Gasteiger partial charge in [0.15, 0.2) is 0 Å². The van der Waals surface area contributed by atoms with E-state index in [0.29, 0.717) is 24.7 Å². The predicted molar refractivity (Wildman–Crippen MR) is 58.6 cm³/mol. The lowest BCUT2D eigenvalue weighted by molar-refractivity contribution is 0.0673. The van der Waals surface area contributed by atoms with Crippen LogP contribution in [0.5, 0.6) is 0 Å². The quantitative estimate of drug-likeness (QED) is 0.707. The van der Waals surface area contributed by atoms with Gasteiger partial charge in [0.05, 0.1) is 6.26 Å². The van der Waals surface area contributed by atoms with Crippen molar-refractivity contribution >= 4 is 0 Å². The van der Waals surface area contributed by atoms with E-state index in [2.05, 4.69) is 13.8 Å². The first-order valence-corrected chi connectivity index (χ1v) is 5.49. The summed E-state index contributed by atoms with van der Waals surface area (Å²) in [5.41, 5.74) is 0. The first-order chi connectivity index (χ1) is 7.20. The molecule has 0 radical (unpaired) electrons. The Labute approximate surface area is 91.1 Å². The molecular weight excluding hydrogens is 192 g/mol. The van der Waals surface area contributed by atoms with Crippen molar-refractivity contribution < 1.29 is 14.3 Å². The van der Waals surface area contributed by atoms with E-state index in [1.165, 1.54) is 0 Å². The third kappa shape index (κ3) is 5.00. The van der Waals surface area contributed by atoms with Crippen LogP contribution < -0.4 is 0 Å². The summed E-state index contributed by atoms with van der Waals surface area (Å²) in [6.45, 7) is 5.68. The summed E-state index contributed by atoms with van der Waals surface area (Å²) in [5, 5.41) is 9.64. The average molecular weight is 212 g/mol. The summed E-state index contributed by atoms with van der Waals surface area (Å²) in [7, 11) is 0. The van der Waals surface area contributed by atoms with Crippen LogP contribution in [-0.4, -0.2) is 18.3 Å². The molecule has 0 amide bonds. The third-order valence-electron chi connectivity index (χ3n) is 2.25. The molecule has 0 fully saturated rings. The van der Waals surface area contributed by atoms with Crippen LogP contribution in [0, 0.1) is 5.92 Å². The number of aliphatic hydroxyl groups is 1. The largest absolute Gasteiger partial charge is 0.467 e. The van der Waals surface area contributed by atoms with Crippen molar-refractivity contribution in [2.45, 2.75) is 32.8 Å². The molecule has 3 nitrogen and oxygen atoms in total. The number of aliphatic hydroxyl groups excluding tert-OH is 1. The Balaban J connectivity index is 2.05. The molecule has 86 valence electrons. The molecule has 1 N–H and O–H groups in total. The van der Waals surface area contributed by atoms with Crippen LogP contribution in [0.3, 0.4) is 0 Å². The highest BCUT2D eigenvalue weighted by atomic mass is 16.5. The molecule has 1 heterocycles. The van der Waals surface area contributed by atoms with Gasteiger partial charge in [0.2, 0.25) is 0 Å². The van der Waals surface area contributed by atoms with Gasteiger partial charge in [0, 0.05) is 19.6 Å². The second-order valence-electron chi connectivity index (χ2n) is 4.11. The molecule has 0 saturated carbocycles. The maximum atomic E-state index is 9.64. The van der Waals surface area contributed by atoms with E-state index >= 15 is 0 Å². The molecule has 0 aliphatic heterocycles. The Morgan fingerprint density at radius 3 is 2.67 bits per heavy atom. The predicted octanol–water partition coefficient (Wildman–Crippen LogP) is 2.77. The molecule has 15 heavy (non-hydrogen) atoms. The molecule has 1 atom stereocenters. The van der Waals surface area contributed by atoms with Gasteiger partial charge in [0.1, 0.15) is 11.9 Å². The Bertz CT molecular complexity index is 241. The van der Waals surface area contributed by atoms with Crippen molar-refractivity contribution in [1.82, 2.24) is 0 Å². The minimum Gasteiger partial charge on any atom is -0.467 e. The lowest BCUT2D eigenvalue weighted by Gasteiger charge is -2.09. The SMILES string of the molecule is CC(C)CCOCCC(O)c1ccco1. The average Bonchev–Trinajstić information content (AvgIpc) is 2.69. The highest BCUT2D eigenvalue weighted by Crippen LogP contribution is 2.16. The van der Waals surface area contributed by atoms with E-state index in [-0.39, 0.29) is 0 Å². The van der Waals surface area contributed by atoms with E-state index in [1.54, 1.807) is 18.4 Å². The maximum Gasteiger partial charge on any atom is 0.132 e. The van der Waals surface area contributed by atoms with Gasteiger partial charge in [0.25, 0.3) is 0 Å². The van der Waals surface area contributed by atoms with Crippen molar-refractivity contribution in [3.8, 4) is 0 Å². The molecule has 0 bridgehead atoms. The first kappa shape index (κ1) is 12.3. The summed E-state index contributed by atoms with van der Waals surface area (Å²) in [4.78, 5) is 0. The van der Waals surface area contributed by atoms with Gasteiger partial charge < -0.3 is 14.3 Å². The fourth-order valence-electron chi connectivity index (χ4n) is 1.24. The molecule has 3 heteroatoms. The smallest absolute Gasteiger partial charge is 0.132 e. The van der Waals surface area contributed by atoms with Crippen molar-refractivity contribution in [3.05, 3.63) is 24.2 Å². The van der Waals surface area contributed by atoms with Crippen LogP contribution in [0.2, 0.25) is 0 Å². The lowest BCUT2D eigenvalue weighted by atomic mass is 10.1. The van der Waals surface area contributed by atoms with Crippen molar-refractivity contribution in [3.63, 3.8) is 0 Å². The summed E-state index contributed by atoms with van der Waals surface area (Å²) in [6.07, 6.45) is 2.68. The topological polar surface area (TPSA) is 42.6 Å². The Kier molecular flexibility index (Phi) is 5.43. The summed E-state index contributed by atoms with van der Waals surface area (Å²) < 4.78 is 10.5. The van der Waals surface area contributed by atoms with Crippen molar-refractivity contribution in [2.75, 3.05) is 13.2 Å². The van der Waals surface area contributed by atoms with E-state index < -0.39 is 6.10 Å². The van der Waals surface area contributed by atoms with Crippen LogP contribution in [0.25, 0.3) is 0 Å². The molecular formula is C12H20O3. The molecule has 0 saturated heterocycles. The van der Waals surface area contributed by atoms with Crippen molar-refractivity contribution in [1.29, 1.82) is 0 Å². The van der Waals surface area contributed by atoms with E-state index in [1.807, 2.05) is 0 Å². The first-order valence-electron chi connectivity index (χ1n) is 5.49. The zero-order chi connectivity index (χ0) is 11.1. The van der Waals surface area contributed by atoms with Gasteiger partial charge in [-0.3, -0.25) is 0 Å². The van der Waals surface area contributed by atoms with Gasteiger partial charge >= 0.3 is 0 Å². The third-order valence-corrected chi connectivity index (χ3v) is 2.25. The molecule has 0 aromatic carbocycles. The minimum absolute atomic E-state index is 0.543. The number of hydrogen-bond acceptors (Lipinski definition) is 3. The van der Waals surface area contributed by atoms with E-state index in [0.717, 1.165) is 13.0 Å². The minimum atomic E-state index is -0.543. The van der Waals surface area contributed by atoms with E-state index in [9.17, 15) is 5.11 Å². The molecule has 1 aromatic rings. The second-order valence-corrected chi connectivity index (χ2v) is 4.11. The fraction of sp³-hybridized carbons (Fsp3) is 0.667. The van der Waals surface area contributed by atoms with Crippen molar-refractivity contribution in [2.24, 2.45) is 5.92 Å². The molecule has 0 aliphatic rings. The van der Waals surface area contributed by atoms with Gasteiger partial charge in [-0.25, -0.2) is 0 Å². The second kappa shape index (κ2) is 6.64. The fourth-order valence-corrected chi connectivity index (χ4v) is 1.24. The zero-order valence-corrected chi connectivity index (χ0v) is 9.48. The van der Waals surface area contributed by atoms with Gasteiger partial charge in [-0.1, -0.05) is 13.8 Å². The highest BCUT2D eigenvalue weighted by molar-refractivity contribution is 5.01. The lowest BCUT2D eigenvalue weighted by Crippen LogP contribution is -2.05. The van der Waals surface area contributed by atoms with Crippen LogP contribution in [0.1, 0.15) is 38.6 Å². The Hall–Kier alpha value is -0.800. The number of furan rings is 1. The molecule has 0 spiro atoms. The molecule has 1 unspecified atom stereocenters. The van der Waals surface area contributed by atoms with Crippen LogP contribution in [-0.2, 0) is 4.74 Å². The maximum absolute atomic E-state index is 9.64. The summed E-state index contributed by atoms with van der Waals surface area (Å²) in [5.74, 6) is 1.28. The molecule has 0 aliphatic carbocycles. The van der Waals surface area contributed by atoms with Gasteiger partial charge in [-0.05, 0) is 24.5 Å². The van der Waals surface area contributed by atoms with Crippen LogP contribution in [0.15, 0.2) is 22.8 Å². The number of hydrogen-bond donors (Lipinski definition) is 1. The normalized spacial score (nSPS) is 13.3. The van der Waals surface area contributed by atoms with E-state index in [4.69, 9.17) is 9.15 Å². The molecule has 1 rings (SSSR count). The Morgan fingerprint density at radius 1 is 1.33 bits per heavy atom. The van der Waals surface area contributed by atoms with Crippen LogP contribution in [0.4, 0.5) is 0 Å². The van der Waals surface area contributed by atoms with Gasteiger partial charge in [-0.2, -0.15) is 0 Å².